The number of aromatic nitrogens is 2. The molecule has 0 aliphatic rings. The smallest absolute Gasteiger partial charge is 0.366 e. The van der Waals surface area contributed by atoms with Crippen LogP contribution in [0.1, 0.15) is 19.0 Å². The lowest BCUT2D eigenvalue weighted by Gasteiger charge is -2.12. The highest BCUT2D eigenvalue weighted by Gasteiger charge is 2.32. The molecule has 1 aromatic rings. The summed E-state index contributed by atoms with van der Waals surface area (Å²) in [6, 6.07) is 2.22. The van der Waals surface area contributed by atoms with Gasteiger partial charge in [-0.15, -0.1) is 16.8 Å². The Bertz CT molecular complexity index is 345. The minimum atomic E-state index is -4.45. The molecule has 1 unspecified atom stereocenters. The van der Waals surface area contributed by atoms with E-state index in [1.54, 1.807) is 6.08 Å². The highest BCUT2D eigenvalue weighted by molar-refractivity contribution is 5.34. The molecule has 1 N–H and O–H groups in total. The molecule has 1 heterocycles. The van der Waals surface area contributed by atoms with E-state index in [9.17, 15) is 13.2 Å². The summed E-state index contributed by atoms with van der Waals surface area (Å²) in [4.78, 5) is 0. The van der Waals surface area contributed by atoms with Gasteiger partial charge in [0.05, 0.1) is 0 Å². The number of alkyl halides is 3. The van der Waals surface area contributed by atoms with Crippen molar-refractivity contribution in [2.24, 2.45) is 0 Å². The van der Waals surface area contributed by atoms with Crippen LogP contribution in [-0.2, 0) is 6.18 Å². The summed E-state index contributed by atoms with van der Waals surface area (Å²) < 4.78 is 36.5. The quantitative estimate of drug-likeness (QED) is 0.809. The Morgan fingerprint density at radius 3 is 2.56 bits per heavy atom. The summed E-state index contributed by atoms with van der Waals surface area (Å²) >= 11 is 0. The van der Waals surface area contributed by atoms with Crippen LogP contribution in [0.5, 0.6) is 0 Å². The summed E-state index contributed by atoms with van der Waals surface area (Å²) in [5.41, 5.74) is -0.991. The lowest BCUT2D eigenvalue weighted by Crippen LogP contribution is -2.16. The highest BCUT2D eigenvalue weighted by atomic mass is 19.4. The molecule has 1 atom stereocenters. The normalized spacial score (nSPS) is 13.2. The van der Waals surface area contributed by atoms with Crippen LogP contribution >= 0.6 is 0 Å². The zero-order valence-electron chi connectivity index (χ0n) is 8.75. The lowest BCUT2D eigenvalue weighted by atomic mass is 10.2. The van der Waals surface area contributed by atoms with E-state index in [2.05, 4.69) is 22.1 Å². The van der Waals surface area contributed by atoms with Crippen molar-refractivity contribution in [3.8, 4) is 0 Å². The molecule has 88 valence electrons. The standard InChI is InChI=1S/C10H12F3N3/c1-3-4-7(2)14-9-6-5-8(15-16-9)10(11,12)13/h3,5-7H,1,4H2,2H3,(H,14,16). The first-order chi connectivity index (χ1) is 7.43. The van der Waals surface area contributed by atoms with E-state index in [4.69, 9.17) is 0 Å². The van der Waals surface area contributed by atoms with Gasteiger partial charge in [-0.1, -0.05) is 6.08 Å². The van der Waals surface area contributed by atoms with E-state index in [0.29, 0.717) is 12.2 Å². The predicted octanol–water partition coefficient (Wildman–Crippen LogP) is 2.87. The van der Waals surface area contributed by atoms with Gasteiger partial charge in [0.2, 0.25) is 0 Å². The molecule has 1 rings (SSSR count). The van der Waals surface area contributed by atoms with Crippen molar-refractivity contribution in [2.45, 2.75) is 25.6 Å². The third kappa shape index (κ3) is 3.52. The molecule has 0 saturated carbocycles. The van der Waals surface area contributed by atoms with Crippen LogP contribution in [0, 0.1) is 0 Å². The van der Waals surface area contributed by atoms with Gasteiger partial charge < -0.3 is 5.32 Å². The molecule has 0 radical (unpaired) electrons. The van der Waals surface area contributed by atoms with Crippen molar-refractivity contribution >= 4 is 5.82 Å². The summed E-state index contributed by atoms with van der Waals surface area (Å²) in [5, 5.41) is 9.46. The average Bonchev–Trinajstić information content (AvgIpc) is 2.17. The maximum atomic E-state index is 12.2. The summed E-state index contributed by atoms with van der Waals surface area (Å²) in [6.07, 6.45) is -2.03. The molecular formula is C10H12F3N3. The summed E-state index contributed by atoms with van der Waals surface area (Å²) in [5.74, 6) is 0.322. The third-order valence-corrected chi connectivity index (χ3v) is 1.87. The topological polar surface area (TPSA) is 37.8 Å². The van der Waals surface area contributed by atoms with E-state index in [1.165, 1.54) is 6.07 Å². The van der Waals surface area contributed by atoms with Crippen molar-refractivity contribution in [2.75, 3.05) is 5.32 Å². The van der Waals surface area contributed by atoms with Gasteiger partial charge in [0, 0.05) is 6.04 Å². The van der Waals surface area contributed by atoms with Crippen LogP contribution in [-0.4, -0.2) is 16.2 Å². The Balaban J connectivity index is 2.68. The molecule has 16 heavy (non-hydrogen) atoms. The summed E-state index contributed by atoms with van der Waals surface area (Å²) in [7, 11) is 0. The zero-order valence-corrected chi connectivity index (χ0v) is 8.75. The fourth-order valence-electron chi connectivity index (χ4n) is 1.12. The molecule has 0 bridgehead atoms. The molecule has 0 saturated heterocycles. The van der Waals surface area contributed by atoms with E-state index >= 15 is 0 Å². The minimum absolute atomic E-state index is 0.0588. The maximum Gasteiger partial charge on any atom is 0.435 e. The van der Waals surface area contributed by atoms with E-state index in [1.807, 2.05) is 6.92 Å². The Morgan fingerprint density at radius 1 is 1.44 bits per heavy atom. The maximum absolute atomic E-state index is 12.2. The second kappa shape index (κ2) is 4.96. The Kier molecular flexibility index (Phi) is 3.87. The van der Waals surface area contributed by atoms with E-state index in [-0.39, 0.29) is 6.04 Å². The minimum Gasteiger partial charge on any atom is -0.366 e. The van der Waals surface area contributed by atoms with Crippen LogP contribution in [0.15, 0.2) is 24.8 Å². The van der Waals surface area contributed by atoms with Crippen molar-refractivity contribution < 1.29 is 13.2 Å². The van der Waals surface area contributed by atoms with Gasteiger partial charge in [-0.3, -0.25) is 0 Å². The third-order valence-electron chi connectivity index (χ3n) is 1.87. The van der Waals surface area contributed by atoms with Gasteiger partial charge in [-0.2, -0.15) is 13.2 Å². The number of hydrogen-bond donors (Lipinski definition) is 1. The van der Waals surface area contributed by atoms with Crippen LogP contribution < -0.4 is 5.32 Å². The van der Waals surface area contributed by atoms with E-state index in [0.717, 1.165) is 6.07 Å². The first-order valence-corrected chi connectivity index (χ1v) is 4.72. The zero-order chi connectivity index (χ0) is 12.2. The molecule has 0 fully saturated rings. The number of nitrogens with one attached hydrogen (secondary N) is 1. The molecule has 0 spiro atoms. The second-order valence-electron chi connectivity index (χ2n) is 3.37. The number of rotatable bonds is 4. The highest BCUT2D eigenvalue weighted by Crippen LogP contribution is 2.27. The van der Waals surface area contributed by atoms with Crippen molar-refractivity contribution in [1.29, 1.82) is 0 Å². The Hall–Kier alpha value is -1.59. The fourth-order valence-corrected chi connectivity index (χ4v) is 1.12. The SMILES string of the molecule is C=CCC(C)Nc1ccc(C(F)(F)F)nn1. The van der Waals surface area contributed by atoms with Gasteiger partial charge in [-0.25, -0.2) is 0 Å². The van der Waals surface area contributed by atoms with Crippen LogP contribution in [0.3, 0.4) is 0 Å². The lowest BCUT2D eigenvalue weighted by molar-refractivity contribution is -0.141. The molecular weight excluding hydrogens is 219 g/mol. The predicted molar refractivity (Wildman–Crippen MR) is 54.9 cm³/mol. The molecule has 6 heteroatoms. The van der Waals surface area contributed by atoms with Crippen LogP contribution in [0.4, 0.5) is 19.0 Å². The van der Waals surface area contributed by atoms with Gasteiger partial charge in [0.25, 0.3) is 0 Å². The molecule has 1 aromatic heterocycles. The van der Waals surface area contributed by atoms with Gasteiger partial charge in [-0.05, 0) is 25.5 Å². The number of anilines is 1. The first-order valence-electron chi connectivity index (χ1n) is 4.72. The molecule has 3 nitrogen and oxygen atoms in total. The molecule has 0 aromatic carbocycles. The number of nitrogens with zero attached hydrogens (tertiary/aromatic N) is 2. The van der Waals surface area contributed by atoms with E-state index < -0.39 is 11.9 Å². The number of halogens is 3. The van der Waals surface area contributed by atoms with Crippen LogP contribution in [0.2, 0.25) is 0 Å². The molecule has 0 amide bonds. The Morgan fingerprint density at radius 2 is 2.12 bits per heavy atom. The molecule has 0 aliphatic heterocycles. The number of hydrogen-bond acceptors (Lipinski definition) is 3. The van der Waals surface area contributed by atoms with Crippen LogP contribution in [0.25, 0.3) is 0 Å². The first kappa shape index (κ1) is 12.5. The largest absolute Gasteiger partial charge is 0.435 e. The summed E-state index contributed by atoms with van der Waals surface area (Å²) in [6.45, 7) is 5.44. The average molecular weight is 231 g/mol. The van der Waals surface area contributed by atoms with Gasteiger partial charge in [0.15, 0.2) is 5.69 Å². The second-order valence-corrected chi connectivity index (χ2v) is 3.37. The molecule has 0 aliphatic carbocycles. The fraction of sp³-hybridized carbons (Fsp3) is 0.400. The van der Waals surface area contributed by atoms with Crippen molar-refractivity contribution in [3.05, 3.63) is 30.5 Å². The van der Waals surface area contributed by atoms with Gasteiger partial charge >= 0.3 is 6.18 Å². The van der Waals surface area contributed by atoms with Gasteiger partial charge in [0.1, 0.15) is 5.82 Å². The van der Waals surface area contributed by atoms with Crippen molar-refractivity contribution in [3.63, 3.8) is 0 Å². The monoisotopic (exact) mass is 231 g/mol. The van der Waals surface area contributed by atoms with Crippen molar-refractivity contribution in [1.82, 2.24) is 10.2 Å². The Labute approximate surface area is 91.4 Å².